The number of amides is 1. The van der Waals surface area contributed by atoms with Gasteiger partial charge in [0.2, 0.25) is 5.91 Å². The van der Waals surface area contributed by atoms with Gasteiger partial charge in [-0.05, 0) is 38.0 Å². The summed E-state index contributed by atoms with van der Waals surface area (Å²) >= 11 is 1.56. The molecule has 3 unspecified atom stereocenters. The van der Waals surface area contributed by atoms with Crippen molar-refractivity contribution in [1.82, 2.24) is 10.3 Å². The Hall–Kier alpha value is -0.650. The fraction of sp³-hybridized carbons (Fsp3) is 0.733. The van der Waals surface area contributed by atoms with Gasteiger partial charge < -0.3 is 10.6 Å². The molecule has 116 valence electrons. The minimum atomic E-state index is -0.0172. The lowest BCUT2D eigenvalue weighted by Gasteiger charge is -2.24. The number of aromatic nitrogens is 1. The third-order valence-electron chi connectivity index (χ3n) is 4.93. The van der Waals surface area contributed by atoms with Gasteiger partial charge in [0.25, 0.3) is 0 Å². The molecule has 4 nitrogen and oxygen atoms in total. The van der Waals surface area contributed by atoms with E-state index < -0.39 is 0 Å². The van der Waals surface area contributed by atoms with Gasteiger partial charge in [0.15, 0.2) is 5.13 Å². The molecule has 0 aromatic carbocycles. The Labute approximate surface area is 135 Å². The van der Waals surface area contributed by atoms with Gasteiger partial charge in [0.1, 0.15) is 0 Å². The summed E-state index contributed by atoms with van der Waals surface area (Å²) in [6.45, 7) is 0. The van der Waals surface area contributed by atoms with Crippen LogP contribution in [0.25, 0.3) is 0 Å². The molecular formula is C15H22ClN3OS. The van der Waals surface area contributed by atoms with Gasteiger partial charge in [-0.15, -0.1) is 23.7 Å². The lowest BCUT2D eigenvalue weighted by Crippen LogP contribution is -2.39. The first kappa shape index (κ1) is 15.3. The molecule has 2 N–H and O–H groups in total. The first-order valence-corrected chi connectivity index (χ1v) is 8.70. The highest BCUT2D eigenvalue weighted by molar-refractivity contribution is 7.13. The Morgan fingerprint density at radius 2 is 2.10 bits per heavy atom. The maximum absolute atomic E-state index is 12.3. The number of thiazole rings is 1. The molecule has 0 spiro atoms. The van der Waals surface area contributed by atoms with Crippen molar-refractivity contribution in [2.45, 2.75) is 62.9 Å². The molecule has 1 aliphatic heterocycles. The largest absolute Gasteiger partial charge is 0.303 e. The van der Waals surface area contributed by atoms with Gasteiger partial charge in [-0.25, -0.2) is 4.98 Å². The van der Waals surface area contributed by atoms with Crippen LogP contribution in [-0.2, 0) is 4.79 Å². The number of hydrogen-bond acceptors (Lipinski definition) is 4. The second kappa shape index (κ2) is 6.23. The highest BCUT2D eigenvalue weighted by Crippen LogP contribution is 2.41. The molecule has 1 amide bonds. The fourth-order valence-corrected chi connectivity index (χ4v) is 4.42. The number of carbonyl (C=O) groups is 1. The normalized spacial score (nSPS) is 31.3. The van der Waals surface area contributed by atoms with Crippen LogP contribution in [0.4, 0.5) is 5.13 Å². The number of nitrogens with zero attached hydrogens (tertiary/aromatic N) is 1. The first-order valence-electron chi connectivity index (χ1n) is 7.82. The van der Waals surface area contributed by atoms with E-state index in [9.17, 15) is 4.79 Å². The first-order chi connectivity index (χ1) is 9.79. The van der Waals surface area contributed by atoms with Gasteiger partial charge in [0, 0.05) is 17.3 Å². The van der Waals surface area contributed by atoms with E-state index >= 15 is 0 Å². The predicted molar refractivity (Wildman–Crippen MR) is 87.3 cm³/mol. The van der Waals surface area contributed by atoms with E-state index in [1.54, 1.807) is 11.3 Å². The summed E-state index contributed by atoms with van der Waals surface area (Å²) in [5.74, 6) is 1.47. The summed E-state index contributed by atoms with van der Waals surface area (Å²) in [4.78, 5) is 16.9. The van der Waals surface area contributed by atoms with Crippen molar-refractivity contribution in [1.29, 1.82) is 0 Å². The molecule has 1 saturated heterocycles. The zero-order valence-corrected chi connectivity index (χ0v) is 13.6. The number of halogens is 1. The standard InChI is InChI=1S/C15H21N3OS.ClH/c19-14(12-7-10-3-1-2-4-11(10)16-12)18-15-17-13(8-20-15)9-5-6-9;/h8-12,16H,1-7H2,(H,17,18,19);1H. The minimum Gasteiger partial charge on any atom is -0.303 e. The molecule has 3 aliphatic rings. The number of anilines is 1. The predicted octanol–water partition coefficient (Wildman–Crippen LogP) is 3.30. The second-order valence-corrected chi connectivity index (χ2v) is 7.31. The monoisotopic (exact) mass is 327 g/mol. The van der Waals surface area contributed by atoms with Gasteiger partial charge in [-0.1, -0.05) is 12.8 Å². The van der Waals surface area contributed by atoms with E-state index in [0.29, 0.717) is 17.9 Å². The second-order valence-electron chi connectivity index (χ2n) is 6.45. The van der Waals surface area contributed by atoms with Crippen molar-refractivity contribution in [3.05, 3.63) is 11.1 Å². The summed E-state index contributed by atoms with van der Waals surface area (Å²) in [5.41, 5.74) is 1.17. The van der Waals surface area contributed by atoms with Crippen molar-refractivity contribution in [3.63, 3.8) is 0 Å². The topological polar surface area (TPSA) is 54.0 Å². The number of rotatable bonds is 3. The van der Waals surface area contributed by atoms with Crippen molar-refractivity contribution in [2.24, 2.45) is 5.92 Å². The molecule has 0 bridgehead atoms. The van der Waals surface area contributed by atoms with Crippen LogP contribution >= 0.6 is 23.7 Å². The number of carbonyl (C=O) groups excluding carboxylic acids is 1. The van der Waals surface area contributed by atoms with Crippen molar-refractivity contribution >= 4 is 34.8 Å². The van der Waals surface area contributed by atoms with Crippen LogP contribution < -0.4 is 10.6 Å². The molecule has 1 aromatic heterocycles. The van der Waals surface area contributed by atoms with Gasteiger partial charge in [0.05, 0.1) is 11.7 Å². The van der Waals surface area contributed by atoms with Crippen molar-refractivity contribution in [2.75, 3.05) is 5.32 Å². The fourth-order valence-electron chi connectivity index (χ4n) is 3.62. The van der Waals surface area contributed by atoms with E-state index in [4.69, 9.17) is 0 Å². The molecule has 2 saturated carbocycles. The van der Waals surface area contributed by atoms with Crippen LogP contribution in [-0.4, -0.2) is 23.0 Å². The Balaban J connectivity index is 0.00000132. The van der Waals surface area contributed by atoms with E-state index in [1.165, 1.54) is 44.2 Å². The molecule has 1 aromatic rings. The number of nitrogens with one attached hydrogen (secondary N) is 2. The van der Waals surface area contributed by atoms with Gasteiger partial charge >= 0.3 is 0 Å². The van der Waals surface area contributed by atoms with Crippen LogP contribution in [0.3, 0.4) is 0 Å². The van der Waals surface area contributed by atoms with Crippen LogP contribution in [0.5, 0.6) is 0 Å². The average Bonchev–Trinajstić information content (AvgIpc) is 3.04. The molecule has 2 aliphatic carbocycles. The number of hydrogen-bond donors (Lipinski definition) is 2. The third kappa shape index (κ3) is 3.25. The average molecular weight is 328 g/mol. The van der Waals surface area contributed by atoms with Crippen LogP contribution in [0.1, 0.15) is 56.6 Å². The Bertz CT molecular complexity index is 503. The van der Waals surface area contributed by atoms with E-state index in [1.807, 2.05) is 0 Å². The zero-order valence-electron chi connectivity index (χ0n) is 12.0. The van der Waals surface area contributed by atoms with Gasteiger partial charge in [-0.2, -0.15) is 0 Å². The molecule has 6 heteroatoms. The highest BCUT2D eigenvalue weighted by Gasteiger charge is 2.38. The maximum atomic E-state index is 12.3. The van der Waals surface area contributed by atoms with Crippen LogP contribution in [0.2, 0.25) is 0 Å². The van der Waals surface area contributed by atoms with Gasteiger partial charge in [-0.3, -0.25) is 4.79 Å². The SMILES string of the molecule is Cl.O=C(Nc1nc(C2CC2)cs1)C1CC2CCCCC2N1. The lowest BCUT2D eigenvalue weighted by molar-refractivity contribution is -0.117. The Kier molecular flexibility index (Phi) is 4.52. The smallest absolute Gasteiger partial charge is 0.243 e. The molecule has 3 fully saturated rings. The molecule has 21 heavy (non-hydrogen) atoms. The van der Waals surface area contributed by atoms with Crippen molar-refractivity contribution < 1.29 is 4.79 Å². The van der Waals surface area contributed by atoms with Crippen molar-refractivity contribution in [3.8, 4) is 0 Å². The summed E-state index contributed by atoms with van der Waals surface area (Å²) in [7, 11) is 0. The van der Waals surface area contributed by atoms with Crippen LogP contribution in [0.15, 0.2) is 5.38 Å². The minimum absolute atomic E-state index is 0. The molecule has 3 atom stereocenters. The van der Waals surface area contributed by atoms with E-state index in [-0.39, 0.29) is 24.4 Å². The van der Waals surface area contributed by atoms with E-state index in [0.717, 1.165) is 11.6 Å². The maximum Gasteiger partial charge on any atom is 0.243 e. The molecular weight excluding hydrogens is 306 g/mol. The number of fused-ring (bicyclic) bond motifs is 1. The van der Waals surface area contributed by atoms with Crippen LogP contribution in [0, 0.1) is 5.92 Å². The molecule has 4 rings (SSSR count). The molecule has 2 heterocycles. The summed E-state index contributed by atoms with van der Waals surface area (Å²) in [6.07, 6.45) is 8.66. The Morgan fingerprint density at radius 1 is 1.29 bits per heavy atom. The molecule has 0 radical (unpaired) electrons. The quantitative estimate of drug-likeness (QED) is 0.895. The lowest BCUT2D eigenvalue weighted by atomic mass is 9.85. The van der Waals surface area contributed by atoms with E-state index in [2.05, 4.69) is 21.0 Å². The Morgan fingerprint density at radius 3 is 2.86 bits per heavy atom. The third-order valence-corrected chi connectivity index (χ3v) is 5.70. The summed E-state index contributed by atoms with van der Waals surface area (Å²) in [5, 5.41) is 9.39. The summed E-state index contributed by atoms with van der Waals surface area (Å²) in [6, 6.07) is 0.550. The summed E-state index contributed by atoms with van der Waals surface area (Å²) < 4.78 is 0. The highest BCUT2D eigenvalue weighted by atomic mass is 35.5. The zero-order chi connectivity index (χ0) is 13.5.